The maximum Gasteiger partial charge on any atom is 0.255 e. The third kappa shape index (κ3) is 5.67. The molecule has 0 atom stereocenters. The molecule has 1 aromatic heterocycles. The van der Waals surface area contributed by atoms with Crippen LogP contribution in [0.5, 0.6) is 0 Å². The Labute approximate surface area is 181 Å². The van der Waals surface area contributed by atoms with E-state index < -0.39 is 0 Å². The van der Waals surface area contributed by atoms with E-state index in [9.17, 15) is 9.59 Å². The van der Waals surface area contributed by atoms with Gasteiger partial charge in [-0.25, -0.2) is 4.98 Å². The van der Waals surface area contributed by atoms with Crippen LogP contribution in [0, 0.1) is 0 Å². The van der Waals surface area contributed by atoms with Crippen molar-refractivity contribution < 1.29 is 9.59 Å². The standard InChI is InChI=1S/C23H26N4O2S/c1-15(2)20-14-24-23(30-20)26-21(28)13-16-5-9-18(10-6-16)25-22(29)17-7-11-19(12-8-17)27(3)4/h5-12,14-15H,13H2,1-4H3,(H,25,29)(H,24,26,28). The van der Waals surface area contributed by atoms with Gasteiger partial charge in [-0.1, -0.05) is 26.0 Å². The molecule has 156 valence electrons. The van der Waals surface area contributed by atoms with Gasteiger partial charge < -0.3 is 15.5 Å². The monoisotopic (exact) mass is 422 g/mol. The first kappa shape index (κ1) is 21.5. The highest BCUT2D eigenvalue weighted by atomic mass is 32.1. The van der Waals surface area contributed by atoms with E-state index in [1.165, 1.54) is 11.3 Å². The Morgan fingerprint density at radius 1 is 1.00 bits per heavy atom. The van der Waals surface area contributed by atoms with Gasteiger partial charge in [0.1, 0.15) is 0 Å². The number of aromatic nitrogens is 1. The molecule has 0 radical (unpaired) electrons. The van der Waals surface area contributed by atoms with Crippen molar-refractivity contribution in [2.45, 2.75) is 26.2 Å². The summed E-state index contributed by atoms with van der Waals surface area (Å²) in [6, 6.07) is 14.7. The number of nitrogens with one attached hydrogen (secondary N) is 2. The summed E-state index contributed by atoms with van der Waals surface area (Å²) >= 11 is 1.50. The Morgan fingerprint density at radius 3 is 2.23 bits per heavy atom. The minimum atomic E-state index is -0.171. The first-order chi connectivity index (χ1) is 14.3. The zero-order valence-corrected chi connectivity index (χ0v) is 18.4. The molecule has 7 heteroatoms. The van der Waals surface area contributed by atoms with Crippen LogP contribution in [0.15, 0.2) is 54.7 Å². The number of rotatable bonds is 7. The fourth-order valence-electron chi connectivity index (χ4n) is 2.78. The highest BCUT2D eigenvalue weighted by Crippen LogP contribution is 2.25. The fourth-order valence-corrected chi connectivity index (χ4v) is 3.61. The van der Waals surface area contributed by atoms with Gasteiger partial charge in [0, 0.05) is 42.1 Å². The van der Waals surface area contributed by atoms with Crippen LogP contribution < -0.4 is 15.5 Å². The SMILES string of the molecule is CC(C)c1cnc(NC(=O)Cc2ccc(NC(=O)c3ccc(N(C)C)cc3)cc2)s1. The molecule has 0 aliphatic heterocycles. The fraction of sp³-hybridized carbons (Fsp3) is 0.261. The lowest BCUT2D eigenvalue weighted by atomic mass is 10.1. The number of nitrogens with zero attached hydrogens (tertiary/aromatic N) is 2. The number of hydrogen-bond donors (Lipinski definition) is 2. The molecule has 0 bridgehead atoms. The largest absolute Gasteiger partial charge is 0.378 e. The summed E-state index contributed by atoms with van der Waals surface area (Å²) in [5.41, 5.74) is 3.17. The van der Waals surface area contributed by atoms with E-state index in [1.807, 2.05) is 43.3 Å². The van der Waals surface area contributed by atoms with Gasteiger partial charge in [0.25, 0.3) is 5.91 Å². The van der Waals surface area contributed by atoms with E-state index >= 15 is 0 Å². The number of benzene rings is 2. The average Bonchev–Trinajstić information content (AvgIpc) is 3.18. The summed E-state index contributed by atoms with van der Waals surface area (Å²) < 4.78 is 0. The molecule has 2 N–H and O–H groups in total. The van der Waals surface area contributed by atoms with E-state index in [0.717, 1.165) is 16.1 Å². The van der Waals surface area contributed by atoms with Crippen molar-refractivity contribution in [1.29, 1.82) is 0 Å². The zero-order chi connectivity index (χ0) is 21.7. The third-order valence-corrected chi connectivity index (χ3v) is 5.77. The van der Waals surface area contributed by atoms with Crippen LogP contribution in [0.25, 0.3) is 0 Å². The minimum Gasteiger partial charge on any atom is -0.378 e. The molecule has 6 nitrogen and oxygen atoms in total. The second kappa shape index (κ2) is 9.54. The minimum absolute atomic E-state index is 0.113. The lowest BCUT2D eigenvalue weighted by Gasteiger charge is -2.12. The number of anilines is 3. The van der Waals surface area contributed by atoms with Crippen LogP contribution in [0.4, 0.5) is 16.5 Å². The molecule has 0 spiro atoms. The molecule has 2 aromatic carbocycles. The topological polar surface area (TPSA) is 74.3 Å². The summed E-state index contributed by atoms with van der Waals surface area (Å²) in [6.07, 6.45) is 2.05. The van der Waals surface area contributed by atoms with Crippen molar-refractivity contribution in [2.75, 3.05) is 29.6 Å². The van der Waals surface area contributed by atoms with Crippen molar-refractivity contribution in [1.82, 2.24) is 4.98 Å². The Hall–Kier alpha value is -3.19. The van der Waals surface area contributed by atoms with Crippen LogP contribution in [-0.4, -0.2) is 30.9 Å². The Bertz CT molecular complexity index is 1010. The zero-order valence-electron chi connectivity index (χ0n) is 17.6. The van der Waals surface area contributed by atoms with Crippen molar-refractivity contribution in [3.63, 3.8) is 0 Å². The number of carbonyl (C=O) groups excluding carboxylic acids is 2. The van der Waals surface area contributed by atoms with Gasteiger partial charge in [0.05, 0.1) is 6.42 Å². The van der Waals surface area contributed by atoms with E-state index in [1.54, 1.807) is 30.5 Å². The predicted octanol–water partition coefficient (Wildman–Crippen LogP) is 4.77. The first-order valence-electron chi connectivity index (χ1n) is 9.75. The molecule has 3 aromatic rings. The normalized spacial score (nSPS) is 10.7. The number of thiazole rings is 1. The van der Waals surface area contributed by atoms with Gasteiger partial charge in [-0.15, -0.1) is 11.3 Å². The van der Waals surface area contributed by atoms with Crippen LogP contribution >= 0.6 is 11.3 Å². The van der Waals surface area contributed by atoms with E-state index in [0.29, 0.717) is 22.3 Å². The van der Waals surface area contributed by atoms with E-state index in [-0.39, 0.29) is 18.2 Å². The molecular formula is C23H26N4O2S. The summed E-state index contributed by atoms with van der Waals surface area (Å²) in [7, 11) is 3.91. The smallest absolute Gasteiger partial charge is 0.255 e. The highest BCUT2D eigenvalue weighted by Gasteiger charge is 2.10. The summed E-state index contributed by atoms with van der Waals surface area (Å²) in [5, 5.41) is 6.34. The quantitative estimate of drug-likeness (QED) is 0.575. The molecule has 0 aliphatic carbocycles. The van der Waals surface area contributed by atoms with Crippen molar-refractivity contribution in [3.05, 3.63) is 70.7 Å². The summed E-state index contributed by atoms with van der Waals surface area (Å²) in [5.74, 6) is 0.106. The maximum atomic E-state index is 12.4. The molecule has 30 heavy (non-hydrogen) atoms. The van der Waals surface area contributed by atoms with Gasteiger partial charge in [-0.2, -0.15) is 0 Å². The van der Waals surface area contributed by atoms with Crippen molar-refractivity contribution in [3.8, 4) is 0 Å². The molecular weight excluding hydrogens is 396 g/mol. The summed E-state index contributed by atoms with van der Waals surface area (Å²) in [6.45, 7) is 4.19. The number of amides is 2. The lowest BCUT2D eigenvalue weighted by Crippen LogP contribution is -2.15. The second-order valence-corrected chi connectivity index (χ2v) is 8.60. The molecule has 0 fully saturated rings. The Morgan fingerprint density at radius 2 is 1.67 bits per heavy atom. The van der Waals surface area contributed by atoms with Crippen LogP contribution in [-0.2, 0) is 11.2 Å². The van der Waals surface area contributed by atoms with Crippen molar-refractivity contribution >= 4 is 39.7 Å². The van der Waals surface area contributed by atoms with Gasteiger partial charge in [-0.3, -0.25) is 9.59 Å². The molecule has 0 saturated carbocycles. The van der Waals surface area contributed by atoms with E-state index in [4.69, 9.17) is 0 Å². The summed E-state index contributed by atoms with van der Waals surface area (Å²) in [4.78, 5) is 32.0. The maximum absolute atomic E-state index is 12.4. The number of carbonyl (C=O) groups is 2. The van der Waals surface area contributed by atoms with Crippen molar-refractivity contribution in [2.24, 2.45) is 0 Å². The predicted molar refractivity (Wildman–Crippen MR) is 124 cm³/mol. The highest BCUT2D eigenvalue weighted by molar-refractivity contribution is 7.15. The number of hydrogen-bond acceptors (Lipinski definition) is 5. The molecule has 0 aliphatic rings. The average molecular weight is 423 g/mol. The first-order valence-corrected chi connectivity index (χ1v) is 10.6. The Balaban J connectivity index is 1.55. The molecule has 2 amide bonds. The van der Waals surface area contributed by atoms with Gasteiger partial charge in [0.15, 0.2) is 5.13 Å². The molecule has 1 heterocycles. The Kier molecular flexibility index (Phi) is 6.84. The van der Waals surface area contributed by atoms with E-state index in [2.05, 4.69) is 29.5 Å². The molecule has 3 rings (SSSR count). The van der Waals surface area contributed by atoms with Crippen LogP contribution in [0.2, 0.25) is 0 Å². The molecule has 0 saturated heterocycles. The third-order valence-electron chi connectivity index (χ3n) is 4.56. The van der Waals surface area contributed by atoms with Crippen LogP contribution in [0.3, 0.4) is 0 Å². The lowest BCUT2D eigenvalue weighted by molar-refractivity contribution is -0.115. The van der Waals surface area contributed by atoms with Gasteiger partial charge in [0.2, 0.25) is 5.91 Å². The van der Waals surface area contributed by atoms with Crippen LogP contribution in [0.1, 0.15) is 40.6 Å². The second-order valence-electron chi connectivity index (χ2n) is 7.54. The van der Waals surface area contributed by atoms with Gasteiger partial charge in [-0.05, 0) is 47.9 Å². The molecule has 0 unspecified atom stereocenters. The van der Waals surface area contributed by atoms with Gasteiger partial charge >= 0.3 is 0 Å².